The molecular weight excluding hydrogens is 550 g/mol. The lowest BCUT2D eigenvalue weighted by Crippen LogP contribution is -2.43. The molecule has 0 bridgehead atoms. The second-order valence-corrected chi connectivity index (χ2v) is 11.7. The predicted octanol–water partition coefficient (Wildman–Crippen LogP) is 6.87. The number of nitrogens with two attached hydrogens (primary N) is 1. The van der Waals surface area contributed by atoms with Gasteiger partial charge >= 0.3 is 6.09 Å². The van der Waals surface area contributed by atoms with Crippen molar-refractivity contribution in [2.75, 3.05) is 30.4 Å². The van der Waals surface area contributed by atoms with Crippen LogP contribution in [0, 0.1) is 0 Å². The first kappa shape index (κ1) is 29.9. The van der Waals surface area contributed by atoms with Gasteiger partial charge in [0.05, 0.1) is 24.0 Å². The van der Waals surface area contributed by atoms with E-state index in [9.17, 15) is 9.59 Å². The first-order chi connectivity index (χ1) is 20.4. The Labute approximate surface area is 253 Å². The fourth-order valence-corrected chi connectivity index (χ4v) is 6.14. The summed E-state index contributed by atoms with van der Waals surface area (Å²) in [5, 5.41) is 3.49. The van der Waals surface area contributed by atoms with Gasteiger partial charge in [-0.05, 0) is 85.5 Å². The van der Waals surface area contributed by atoms with Gasteiger partial charge in [-0.1, -0.05) is 48.7 Å². The number of rotatable bonds is 7. The van der Waals surface area contributed by atoms with E-state index in [0.29, 0.717) is 17.3 Å². The molecule has 1 aromatic heterocycles. The summed E-state index contributed by atoms with van der Waals surface area (Å²) in [7, 11) is 1.43. The summed E-state index contributed by atoms with van der Waals surface area (Å²) < 4.78 is 5.15. The maximum atomic E-state index is 13.2. The van der Waals surface area contributed by atoms with Crippen LogP contribution >= 0.6 is 11.6 Å². The van der Waals surface area contributed by atoms with Gasteiger partial charge in [-0.2, -0.15) is 0 Å². The fourth-order valence-electron chi connectivity index (χ4n) is 6.03. The van der Waals surface area contributed by atoms with Crippen molar-refractivity contribution in [3.63, 3.8) is 0 Å². The van der Waals surface area contributed by atoms with Crippen LogP contribution in [-0.4, -0.2) is 54.2 Å². The highest BCUT2D eigenvalue weighted by Gasteiger charge is 2.28. The molecular formula is C33H40ClN5O3. The summed E-state index contributed by atoms with van der Waals surface area (Å²) in [6.07, 6.45) is 9.42. The Balaban J connectivity index is 1.43. The number of benzene rings is 2. The van der Waals surface area contributed by atoms with Crippen molar-refractivity contribution < 1.29 is 14.3 Å². The number of ether oxygens (including phenoxy) is 1. The monoisotopic (exact) mass is 589 g/mol. The van der Waals surface area contributed by atoms with Crippen molar-refractivity contribution in [3.8, 4) is 11.1 Å². The molecule has 1 aliphatic heterocycles. The van der Waals surface area contributed by atoms with E-state index >= 15 is 0 Å². The molecule has 3 N–H and O–H groups in total. The summed E-state index contributed by atoms with van der Waals surface area (Å²) in [5.74, 6) is -0.234. The second-order valence-electron chi connectivity index (χ2n) is 11.3. The number of carbonyl (C=O) groups excluding carboxylic acids is 2. The zero-order chi connectivity index (χ0) is 29.5. The first-order valence-electron chi connectivity index (χ1n) is 14.9. The average Bonchev–Trinajstić information content (AvgIpc) is 3.30. The number of methoxy groups -OCH3 is 1. The maximum absolute atomic E-state index is 13.2. The zero-order valence-electron chi connectivity index (χ0n) is 24.2. The Morgan fingerprint density at radius 1 is 1.00 bits per heavy atom. The molecule has 2 aliphatic rings. The van der Waals surface area contributed by atoms with E-state index in [-0.39, 0.29) is 24.1 Å². The molecule has 1 saturated heterocycles. The molecule has 222 valence electrons. The normalized spacial score (nSPS) is 19.1. The number of anilines is 2. The van der Waals surface area contributed by atoms with Gasteiger partial charge in [-0.15, -0.1) is 0 Å². The first-order valence-corrected chi connectivity index (χ1v) is 15.3. The van der Waals surface area contributed by atoms with Gasteiger partial charge in [0.15, 0.2) is 0 Å². The Morgan fingerprint density at radius 2 is 1.74 bits per heavy atom. The summed E-state index contributed by atoms with van der Waals surface area (Å²) in [4.78, 5) is 34.3. The molecule has 2 aromatic carbocycles. The molecule has 1 aliphatic carbocycles. The Kier molecular flexibility index (Phi) is 9.97. The van der Waals surface area contributed by atoms with Crippen LogP contribution in [0.15, 0.2) is 60.8 Å². The van der Waals surface area contributed by atoms with Crippen LogP contribution < -0.4 is 16.0 Å². The SMILES string of the molecule is COC(=O)N(Cc1cccc(-c2ccc(N3CCCCCC3)c(NC(=O)c3ccc(Cl)nc3)c2)c1)C1CCC(N)CC1. The van der Waals surface area contributed by atoms with Crippen LogP contribution in [0.4, 0.5) is 16.2 Å². The smallest absolute Gasteiger partial charge is 0.410 e. The van der Waals surface area contributed by atoms with Crippen molar-refractivity contribution in [3.05, 3.63) is 77.1 Å². The van der Waals surface area contributed by atoms with Crippen molar-refractivity contribution in [1.29, 1.82) is 0 Å². The summed E-state index contributed by atoms with van der Waals surface area (Å²) in [5.41, 5.74) is 11.3. The fraction of sp³-hybridized carbons (Fsp3) is 0.424. The second kappa shape index (κ2) is 14.0. The van der Waals surface area contributed by atoms with Crippen LogP contribution in [0.5, 0.6) is 0 Å². The number of halogens is 1. The topological polar surface area (TPSA) is 101 Å². The number of nitrogens with one attached hydrogen (secondary N) is 1. The highest BCUT2D eigenvalue weighted by molar-refractivity contribution is 6.29. The Morgan fingerprint density at radius 3 is 2.43 bits per heavy atom. The zero-order valence-corrected chi connectivity index (χ0v) is 25.0. The minimum absolute atomic E-state index is 0.109. The molecule has 0 radical (unpaired) electrons. The molecule has 9 heteroatoms. The molecule has 8 nitrogen and oxygen atoms in total. The van der Waals surface area contributed by atoms with E-state index in [1.807, 2.05) is 23.1 Å². The van der Waals surface area contributed by atoms with Crippen LogP contribution in [0.1, 0.15) is 67.3 Å². The Bertz CT molecular complexity index is 1370. The molecule has 2 heterocycles. The third-order valence-electron chi connectivity index (χ3n) is 8.39. The predicted molar refractivity (Wildman–Crippen MR) is 168 cm³/mol. The average molecular weight is 590 g/mol. The van der Waals surface area contributed by atoms with Gasteiger partial charge < -0.3 is 25.6 Å². The quantitative estimate of drug-likeness (QED) is 0.292. The van der Waals surface area contributed by atoms with Crippen molar-refractivity contribution in [2.45, 2.75) is 70.0 Å². The number of hydrogen-bond donors (Lipinski definition) is 2. The number of hydrogen-bond acceptors (Lipinski definition) is 6. The number of amides is 2. The number of carbonyl (C=O) groups is 2. The van der Waals surface area contributed by atoms with E-state index in [4.69, 9.17) is 22.1 Å². The standard InChI is InChI=1S/C33H40ClN5O3/c1-42-33(41)39(28-13-11-27(35)12-14-28)22-23-7-6-8-24(19-23)25-9-15-30(38-17-4-2-3-5-18-38)29(20-25)37-32(40)26-10-16-31(34)36-21-26/h6-10,15-16,19-21,27-28H,2-5,11-14,17-18,22,35H2,1H3,(H,37,40). The lowest BCUT2D eigenvalue weighted by Gasteiger charge is -2.35. The molecule has 5 rings (SSSR count). The van der Waals surface area contributed by atoms with Crippen LogP contribution in [0.25, 0.3) is 11.1 Å². The highest BCUT2D eigenvalue weighted by Crippen LogP contribution is 2.34. The number of aromatic nitrogens is 1. The summed E-state index contributed by atoms with van der Waals surface area (Å²) >= 11 is 5.94. The van der Waals surface area contributed by atoms with Gasteiger partial charge in [0.1, 0.15) is 5.15 Å². The minimum atomic E-state index is -0.315. The minimum Gasteiger partial charge on any atom is -0.453 e. The molecule has 2 amide bonds. The third kappa shape index (κ3) is 7.41. The van der Waals surface area contributed by atoms with Crippen LogP contribution in [-0.2, 0) is 11.3 Å². The lowest BCUT2D eigenvalue weighted by molar-refractivity contribution is 0.0879. The summed E-state index contributed by atoms with van der Waals surface area (Å²) in [6.45, 7) is 2.37. The Hall–Kier alpha value is -3.62. The molecule has 3 aromatic rings. The molecule has 42 heavy (non-hydrogen) atoms. The van der Waals surface area contributed by atoms with Gasteiger partial charge in [-0.25, -0.2) is 9.78 Å². The molecule has 1 saturated carbocycles. The van der Waals surface area contributed by atoms with Crippen molar-refractivity contribution in [1.82, 2.24) is 9.88 Å². The molecule has 0 atom stereocenters. The van der Waals surface area contributed by atoms with E-state index in [0.717, 1.165) is 79.7 Å². The van der Waals surface area contributed by atoms with Gasteiger partial charge in [0.2, 0.25) is 0 Å². The molecule has 0 unspecified atom stereocenters. The van der Waals surface area contributed by atoms with Gasteiger partial charge in [-0.3, -0.25) is 4.79 Å². The number of nitrogens with zero attached hydrogens (tertiary/aromatic N) is 3. The third-order valence-corrected chi connectivity index (χ3v) is 8.61. The van der Waals surface area contributed by atoms with E-state index in [1.165, 1.54) is 26.1 Å². The highest BCUT2D eigenvalue weighted by atomic mass is 35.5. The maximum Gasteiger partial charge on any atom is 0.410 e. The van der Waals surface area contributed by atoms with E-state index < -0.39 is 0 Å². The van der Waals surface area contributed by atoms with Gasteiger partial charge in [0.25, 0.3) is 5.91 Å². The van der Waals surface area contributed by atoms with Gasteiger partial charge in [0, 0.05) is 37.9 Å². The molecule has 0 spiro atoms. The van der Waals surface area contributed by atoms with Crippen LogP contribution in [0.2, 0.25) is 5.15 Å². The number of pyridine rings is 1. The molecule has 2 fully saturated rings. The van der Waals surface area contributed by atoms with Crippen molar-refractivity contribution >= 4 is 35.0 Å². The lowest BCUT2D eigenvalue weighted by atomic mass is 9.90. The van der Waals surface area contributed by atoms with E-state index in [1.54, 1.807) is 12.1 Å². The largest absolute Gasteiger partial charge is 0.453 e. The van der Waals surface area contributed by atoms with Crippen molar-refractivity contribution in [2.24, 2.45) is 5.73 Å². The van der Waals surface area contributed by atoms with Crippen LogP contribution in [0.3, 0.4) is 0 Å². The summed E-state index contributed by atoms with van der Waals surface area (Å²) in [6, 6.07) is 18.1. The van der Waals surface area contributed by atoms with E-state index in [2.05, 4.69) is 39.5 Å².